The summed E-state index contributed by atoms with van der Waals surface area (Å²) in [4.78, 5) is 23.1. The number of nitrogens with one attached hydrogen (secondary N) is 1. The molecule has 0 aliphatic heterocycles. The molecule has 1 atom stereocenters. The summed E-state index contributed by atoms with van der Waals surface area (Å²) >= 11 is 0. The SMILES string of the molecule is CCC(CC)n1ccc(C(=O)N[C@@H](C(=O)O)C(C)C)n1. The average Bonchev–Trinajstić information content (AvgIpc) is 2.86. The Morgan fingerprint density at radius 3 is 2.40 bits per heavy atom. The van der Waals surface area contributed by atoms with Gasteiger partial charge in [-0.1, -0.05) is 27.7 Å². The third kappa shape index (κ3) is 3.82. The number of carboxylic acids is 1. The number of hydrogen-bond acceptors (Lipinski definition) is 3. The molecule has 1 heterocycles. The average molecular weight is 281 g/mol. The molecule has 6 heteroatoms. The van der Waals surface area contributed by atoms with E-state index >= 15 is 0 Å². The Balaban J connectivity index is 2.80. The first-order valence-corrected chi connectivity index (χ1v) is 6.99. The van der Waals surface area contributed by atoms with Gasteiger partial charge in [0.15, 0.2) is 0 Å². The van der Waals surface area contributed by atoms with Crippen LogP contribution in [0.3, 0.4) is 0 Å². The smallest absolute Gasteiger partial charge is 0.326 e. The molecule has 0 radical (unpaired) electrons. The van der Waals surface area contributed by atoms with E-state index in [1.54, 1.807) is 30.8 Å². The number of nitrogens with zero attached hydrogens (tertiary/aromatic N) is 2. The molecule has 0 saturated heterocycles. The molecule has 1 amide bonds. The lowest BCUT2D eigenvalue weighted by atomic mass is 10.0. The first-order valence-electron chi connectivity index (χ1n) is 6.99. The van der Waals surface area contributed by atoms with Crippen molar-refractivity contribution in [2.75, 3.05) is 0 Å². The van der Waals surface area contributed by atoms with Crippen LogP contribution in [0, 0.1) is 5.92 Å². The van der Waals surface area contributed by atoms with Gasteiger partial charge in [0.05, 0.1) is 6.04 Å². The van der Waals surface area contributed by atoms with Crippen molar-refractivity contribution in [3.8, 4) is 0 Å². The summed E-state index contributed by atoms with van der Waals surface area (Å²) in [5.74, 6) is -1.67. The molecule has 6 nitrogen and oxygen atoms in total. The van der Waals surface area contributed by atoms with E-state index in [0.29, 0.717) is 0 Å². The van der Waals surface area contributed by atoms with Crippen LogP contribution in [0.25, 0.3) is 0 Å². The summed E-state index contributed by atoms with van der Waals surface area (Å²) in [6.07, 6.45) is 3.63. The number of rotatable bonds is 7. The zero-order valence-corrected chi connectivity index (χ0v) is 12.5. The number of carbonyl (C=O) groups is 2. The van der Waals surface area contributed by atoms with Crippen LogP contribution in [-0.2, 0) is 4.79 Å². The Morgan fingerprint density at radius 2 is 1.95 bits per heavy atom. The minimum atomic E-state index is -1.03. The van der Waals surface area contributed by atoms with Gasteiger partial charge in [0.1, 0.15) is 11.7 Å². The molecule has 112 valence electrons. The number of carboxylic acid groups (broad SMARTS) is 1. The molecular weight excluding hydrogens is 258 g/mol. The van der Waals surface area contributed by atoms with Crippen molar-refractivity contribution >= 4 is 11.9 Å². The maximum atomic E-state index is 12.0. The van der Waals surface area contributed by atoms with Gasteiger partial charge in [-0.05, 0) is 24.8 Å². The Kier molecular flexibility index (Phi) is 5.73. The number of hydrogen-bond donors (Lipinski definition) is 2. The molecule has 0 aliphatic rings. The van der Waals surface area contributed by atoms with Gasteiger partial charge in [0.25, 0.3) is 5.91 Å². The summed E-state index contributed by atoms with van der Waals surface area (Å²) in [7, 11) is 0. The van der Waals surface area contributed by atoms with Crippen molar-refractivity contribution in [1.29, 1.82) is 0 Å². The Morgan fingerprint density at radius 1 is 1.35 bits per heavy atom. The van der Waals surface area contributed by atoms with Gasteiger partial charge >= 0.3 is 5.97 Å². The van der Waals surface area contributed by atoms with E-state index < -0.39 is 17.9 Å². The molecule has 2 N–H and O–H groups in total. The molecule has 20 heavy (non-hydrogen) atoms. The van der Waals surface area contributed by atoms with Crippen LogP contribution < -0.4 is 5.32 Å². The fourth-order valence-corrected chi connectivity index (χ4v) is 2.05. The monoisotopic (exact) mass is 281 g/mol. The normalized spacial score (nSPS) is 12.7. The highest BCUT2D eigenvalue weighted by Gasteiger charge is 2.25. The van der Waals surface area contributed by atoms with Crippen LogP contribution in [0.2, 0.25) is 0 Å². The largest absolute Gasteiger partial charge is 0.480 e. The predicted molar refractivity (Wildman–Crippen MR) is 75.6 cm³/mol. The summed E-state index contributed by atoms with van der Waals surface area (Å²) in [6.45, 7) is 7.63. The van der Waals surface area contributed by atoms with Gasteiger partial charge in [-0.3, -0.25) is 9.48 Å². The molecule has 0 saturated carbocycles. The number of aliphatic carboxylic acids is 1. The van der Waals surface area contributed by atoms with E-state index in [1.807, 2.05) is 0 Å². The van der Waals surface area contributed by atoms with E-state index in [1.165, 1.54) is 0 Å². The van der Waals surface area contributed by atoms with Crippen LogP contribution in [-0.4, -0.2) is 32.8 Å². The Hall–Kier alpha value is -1.85. The standard InChI is InChI=1S/C14H23N3O3/c1-5-10(6-2)17-8-7-11(16-17)13(18)15-12(9(3)4)14(19)20/h7-10,12H,5-6H2,1-4H3,(H,15,18)(H,19,20)/t12-/m1/s1. The lowest BCUT2D eigenvalue weighted by Gasteiger charge is -2.17. The zero-order chi connectivity index (χ0) is 15.3. The van der Waals surface area contributed by atoms with E-state index in [9.17, 15) is 9.59 Å². The molecule has 0 aliphatic carbocycles. The maximum Gasteiger partial charge on any atom is 0.326 e. The minimum Gasteiger partial charge on any atom is -0.480 e. The van der Waals surface area contributed by atoms with Crippen LogP contribution in [0.15, 0.2) is 12.3 Å². The van der Waals surface area contributed by atoms with Crippen molar-refractivity contribution < 1.29 is 14.7 Å². The molecular formula is C14H23N3O3. The minimum absolute atomic E-state index is 0.183. The second kappa shape index (κ2) is 7.07. The van der Waals surface area contributed by atoms with Gasteiger partial charge in [-0.2, -0.15) is 5.10 Å². The third-order valence-electron chi connectivity index (χ3n) is 3.38. The molecule has 1 rings (SSSR count). The van der Waals surface area contributed by atoms with Crippen molar-refractivity contribution in [2.45, 2.75) is 52.6 Å². The molecule has 0 spiro atoms. The van der Waals surface area contributed by atoms with Gasteiger partial charge < -0.3 is 10.4 Å². The molecule has 0 unspecified atom stereocenters. The molecule has 0 bridgehead atoms. The number of amides is 1. The van der Waals surface area contributed by atoms with Crippen LogP contribution in [0.1, 0.15) is 57.1 Å². The Bertz CT molecular complexity index is 464. The fourth-order valence-electron chi connectivity index (χ4n) is 2.05. The Labute approximate surface area is 119 Å². The predicted octanol–water partition coefficient (Wildman–Crippen LogP) is 2.08. The van der Waals surface area contributed by atoms with Crippen LogP contribution in [0.4, 0.5) is 0 Å². The number of aromatic nitrogens is 2. The third-order valence-corrected chi connectivity index (χ3v) is 3.38. The van der Waals surface area contributed by atoms with Crippen LogP contribution in [0.5, 0.6) is 0 Å². The molecule has 1 aromatic heterocycles. The summed E-state index contributed by atoms with van der Waals surface area (Å²) in [6, 6.07) is 0.977. The van der Waals surface area contributed by atoms with Crippen molar-refractivity contribution in [1.82, 2.24) is 15.1 Å². The summed E-state index contributed by atoms with van der Waals surface area (Å²) in [5.41, 5.74) is 0.254. The van der Waals surface area contributed by atoms with Crippen molar-refractivity contribution in [3.63, 3.8) is 0 Å². The second-order valence-electron chi connectivity index (χ2n) is 5.18. The lowest BCUT2D eigenvalue weighted by Crippen LogP contribution is -2.44. The molecule has 1 aromatic rings. The highest BCUT2D eigenvalue weighted by Crippen LogP contribution is 2.14. The second-order valence-corrected chi connectivity index (χ2v) is 5.18. The zero-order valence-electron chi connectivity index (χ0n) is 12.5. The number of carbonyl (C=O) groups excluding carboxylic acids is 1. The van der Waals surface area contributed by atoms with Gasteiger partial charge in [-0.15, -0.1) is 0 Å². The quantitative estimate of drug-likeness (QED) is 0.801. The molecule has 0 aromatic carbocycles. The topological polar surface area (TPSA) is 84.2 Å². The van der Waals surface area contributed by atoms with Crippen molar-refractivity contribution in [3.05, 3.63) is 18.0 Å². The first-order chi connectivity index (χ1) is 9.40. The summed E-state index contributed by atoms with van der Waals surface area (Å²) < 4.78 is 1.76. The van der Waals surface area contributed by atoms with E-state index in [0.717, 1.165) is 12.8 Å². The first kappa shape index (κ1) is 16.2. The fraction of sp³-hybridized carbons (Fsp3) is 0.643. The van der Waals surface area contributed by atoms with E-state index in [2.05, 4.69) is 24.3 Å². The highest BCUT2D eigenvalue weighted by molar-refractivity contribution is 5.94. The molecule has 0 fully saturated rings. The van der Waals surface area contributed by atoms with Gasteiger partial charge in [-0.25, -0.2) is 4.79 Å². The highest BCUT2D eigenvalue weighted by atomic mass is 16.4. The van der Waals surface area contributed by atoms with Crippen LogP contribution >= 0.6 is 0 Å². The van der Waals surface area contributed by atoms with Crippen molar-refractivity contribution in [2.24, 2.45) is 5.92 Å². The van der Waals surface area contributed by atoms with Gasteiger partial charge in [0.2, 0.25) is 0 Å². The van der Waals surface area contributed by atoms with E-state index in [-0.39, 0.29) is 17.7 Å². The maximum absolute atomic E-state index is 12.0. The van der Waals surface area contributed by atoms with E-state index in [4.69, 9.17) is 5.11 Å². The summed E-state index contributed by atoms with van der Waals surface area (Å²) in [5, 5.41) is 15.8. The lowest BCUT2D eigenvalue weighted by molar-refractivity contribution is -0.140. The van der Waals surface area contributed by atoms with Gasteiger partial charge in [0, 0.05) is 6.20 Å².